The number of fused-ring (bicyclic) bond motifs is 1. The zero-order valence-corrected chi connectivity index (χ0v) is 13.2. The predicted molar refractivity (Wildman–Crippen MR) is 89.4 cm³/mol. The SMILES string of the molecule is Cc1[nH]c2ccccc2c1C(=O)N1CCCC(n2cccn2)C1. The van der Waals surface area contributed by atoms with Crippen LogP contribution in [0.15, 0.2) is 42.7 Å². The number of rotatable bonds is 2. The summed E-state index contributed by atoms with van der Waals surface area (Å²) in [6.45, 7) is 3.51. The van der Waals surface area contributed by atoms with Crippen molar-refractivity contribution in [2.24, 2.45) is 0 Å². The molecule has 1 unspecified atom stereocenters. The van der Waals surface area contributed by atoms with Gasteiger partial charge < -0.3 is 9.88 Å². The van der Waals surface area contributed by atoms with E-state index >= 15 is 0 Å². The maximum atomic E-state index is 13.1. The number of likely N-dealkylation sites (tertiary alicyclic amines) is 1. The maximum absolute atomic E-state index is 13.1. The molecular weight excluding hydrogens is 288 g/mol. The molecule has 5 heteroatoms. The molecule has 0 bridgehead atoms. The number of hydrogen-bond donors (Lipinski definition) is 1. The summed E-state index contributed by atoms with van der Waals surface area (Å²) in [6.07, 6.45) is 5.86. The minimum absolute atomic E-state index is 0.122. The van der Waals surface area contributed by atoms with Gasteiger partial charge in [-0.3, -0.25) is 9.48 Å². The molecule has 1 N–H and O–H groups in total. The standard InChI is InChI=1S/C18H20N4O/c1-13-17(15-7-2-3-8-16(15)20-13)18(23)21-10-4-6-14(12-21)22-11-5-9-19-22/h2-3,5,7-9,11,14,20H,4,6,10,12H2,1H3. The van der Waals surface area contributed by atoms with E-state index in [-0.39, 0.29) is 11.9 Å². The van der Waals surface area contributed by atoms with Crippen molar-refractivity contribution in [3.8, 4) is 0 Å². The molecule has 1 aromatic carbocycles. The fourth-order valence-electron chi connectivity index (χ4n) is 3.56. The summed E-state index contributed by atoms with van der Waals surface area (Å²) in [6, 6.07) is 10.2. The van der Waals surface area contributed by atoms with Gasteiger partial charge in [-0.1, -0.05) is 18.2 Å². The number of aromatic nitrogens is 3. The van der Waals surface area contributed by atoms with Gasteiger partial charge in [0.2, 0.25) is 0 Å². The first-order valence-electron chi connectivity index (χ1n) is 8.10. The second kappa shape index (κ2) is 5.57. The number of piperidine rings is 1. The average molecular weight is 308 g/mol. The molecule has 0 saturated carbocycles. The van der Waals surface area contributed by atoms with Crippen LogP contribution in [0, 0.1) is 6.92 Å². The monoisotopic (exact) mass is 308 g/mol. The van der Waals surface area contributed by atoms with E-state index in [9.17, 15) is 4.79 Å². The van der Waals surface area contributed by atoms with Crippen molar-refractivity contribution in [1.82, 2.24) is 19.7 Å². The van der Waals surface area contributed by atoms with Crippen LogP contribution in [-0.2, 0) is 0 Å². The Morgan fingerprint density at radius 3 is 3.00 bits per heavy atom. The molecule has 118 valence electrons. The van der Waals surface area contributed by atoms with Gasteiger partial charge in [-0.2, -0.15) is 5.10 Å². The third-order valence-electron chi connectivity index (χ3n) is 4.69. The maximum Gasteiger partial charge on any atom is 0.256 e. The lowest BCUT2D eigenvalue weighted by Gasteiger charge is -2.33. The van der Waals surface area contributed by atoms with E-state index in [4.69, 9.17) is 0 Å². The van der Waals surface area contributed by atoms with E-state index in [0.717, 1.165) is 48.1 Å². The molecule has 23 heavy (non-hydrogen) atoms. The molecule has 5 nitrogen and oxygen atoms in total. The summed E-state index contributed by atoms with van der Waals surface area (Å²) in [5.74, 6) is 0.122. The first-order chi connectivity index (χ1) is 11.2. The fourth-order valence-corrected chi connectivity index (χ4v) is 3.56. The molecule has 1 aliphatic heterocycles. The number of aryl methyl sites for hydroxylation is 1. The molecule has 2 aromatic heterocycles. The first-order valence-corrected chi connectivity index (χ1v) is 8.10. The van der Waals surface area contributed by atoms with Crippen molar-refractivity contribution in [1.29, 1.82) is 0 Å². The number of hydrogen-bond acceptors (Lipinski definition) is 2. The van der Waals surface area contributed by atoms with Gasteiger partial charge in [0, 0.05) is 42.1 Å². The number of amides is 1. The second-order valence-electron chi connectivity index (χ2n) is 6.20. The lowest BCUT2D eigenvalue weighted by atomic mass is 10.0. The third kappa shape index (κ3) is 2.42. The Hall–Kier alpha value is -2.56. The molecule has 0 aliphatic carbocycles. The molecule has 3 aromatic rings. The lowest BCUT2D eigenvalue weighted by molar-refractivity contribution is 0.0674. The minimum Gasteiger partial charge on any atom is -0.358 e. The third-order valence-corrected chi connectivity index (χ3v) is 4.69. The number of para-hydroxylation sites is 1. The van der Waals surface area contributed by atoms with Crippen LogP contribution >= 0.6 is 0 Å². The van der Waals surface area contributed by atoms with Crippen molar-refractivity contribution in [2.75, 3.05) is 13.1 Å². The fraction of sp³-hybridized carbons (Fsp3) is 0.333. The van der Waals surface area contributed by atoms with Crippen LogP contribution in [0.2, 0.25) is 0 Å². The first kappa shape index (κ1) is 14.1. The predicted octanol–water partition coefficient (Wildman–Crippen LogP) is 3.15. The molecule has 0 spiro atoms. The topological polar surface area (TPSA) is 53.9 Å². The van der Waals surface area contributed by atoms with Crippen LogP contribution in [0.4, 0.5) is 0 Å². The Bertz CT molecular complexity index is 834. The summed E-state index contributed by atoms with van der Waals surface area (Å²) in [5.41, 5.74) is 2.77. The van der Waals surface area contributed by atoms with Gasteiger partial charge >= 0.3 is 0 Å². The molecule has 0 radical (unpaired) electrons. The number of benzene rings is 1. The van der Waals surface area contributed by atoms with Gasteiger partial charge in [0.25, 0.3) is 5.91 Å². The van der Waals surface area contributed by atoms with Gasteiger partial charge in [-0.05, 0) is 31.9 Å². The number of aromatic amines is 1. The quantitative estimate of drug-likeness (QED) is 0.790. The van der Waals surface area contributed by atoms with Gasteiger partial charge in [-0.15, -0.1) is 0 Å². The smallest absolute Gasteiger partial charge is 0.256 e. The highest BCUT2D eigenvalue weighted by molar-refractivity contribution is 6.08. The van der Waals surface area contributed by atoms with E-state index in [0.29, 0.717) is 0 Å². The van der Waals surface area contributed by atoms with Gasteiger partial charge in [0.05, 0.1) is 11.6 Å². The Kier molecular flexibility index (Phi) is 3.41. The van der Waals surface area contributed by atoms with Crippen LogP contribution in [0.5, 0.6) is 0 Å². The zero-order chi connectivity index (χ0) is 15.8. The van der Waals surface area contributed by atoms with E-state index < -0.39 is 0 Å². The Morgan fingerprint density at radius 1 is 1.30 bits per heavy atom. The Morgan fingerprint density at radius 2 is 2.17 bits per heavy atom. The van der Waals surface area contributed by atoms with Crippen LogP contribution in [-0.4, -0.2) is 38.7 Å². The summed E-state index contributed by atoms with van der Waals surface area (Å²) in [7, 11) is 0. The number of H-pyrrole nitrogens is 1. The molecule has 3 heterocycles. The number of carbonyl (C=O) groups is 1. The molecular formula is C18H20N4O. The largest absolute Gasteiger partial charge is 0.358 e. The summed E-state index contributed by atoms with van der Waals surface area (Å²) < 4.78 is 1.97. The zero-order valence-electron chi connectivity index (χ0n) is 13.2. The summed E-state index contributed by atoms with van der Waals surface area (Å²) >= 11 is 0. The Labute approximate surface area is 134 Å². The highest BCUT2D eigenvalue weighted by Gasteiger charge is 2.28. The van der Waals surface area contributed by atoms with E-state index in [1.54, 1.807) is 6.20 Å². The highest BCUT2D eigenvalue weighted by Crippen LogP contribution is 2.27. The lowest BCUT2D eigenvalue weighted by Crippen LogP contribution is -2.41. The molecule has 1 fully saturated rings. The van der Waals surface area contributed by atoms with Gasteiger partial charge in [-0.25, -0.2) is 0 Å². The average Bonchev–Trinajstić information content (AvgIpc) is 3.21. The molecule has 1 atom stereocenters. The molecule has 1 amide bonds. The van der Waals surface area contributed by atoms with E-state index in [1.807, 2.05) is 53.0 Å². The molecule has 1 aliphatic rings. The molecule has 1 saturated heterocycles. The van der Waals surface area contributed by atoms with E-state index in [2.05, 4.69) is 10.1 Å². The summed E-state index contributed by atoms with van der Waals surface area (Å²) in [5, 5.41) is 5.35. The van der Waals surface area contributed by atoms with Gasteiger partial charge in [0.15, 0.2) is 0 Å². The second-order valence-corrected chi connectivity index (χ2v) is 6.20. The number of carbonyl (C=O) groups excluding carboxylic acids is 1. The molecule has 4 rings (SSSR count). The van der Waals surface area contributed by atoms with Crippen LogP contribution in [0.3, 0.4) is 0 Å². The summed E-state index contributed by atoms with van der Waals surface area (Å²) in [4.78, 5) is 18.4. The van der Waals surface area contributed by atoms with Crippen molar-refractivity contribution in [3.05, 3.63) is 54.0 Å². The Balaban J connectivity index is 1.64. The van der Waals surface area contributed by atoms with E-state index in [1.165, 1.54) is 0 Å². The van der Waals surface area contributed by atoms with Crippen LogP contribution < -0.4 is 0 Å². The normalized spacial score (nSPS) is 18.5. The van der Waals surface area contributed by atoms with Gasteiger partial charge in [0.1, 0.15) is 0 Å². The minimum atomic E-state index is 0.122. The van der Waals surface area contributed by atoms with Crippen molar-refractivity contribution in [3.63, 3.8) is 0 Å². The van der Waals surface area contributed by atoms with Crippen LogP contribution in [0.25, 0.3) is 10.9 Å². The van der Waals surface area contributed by atoms with Crippen molar-refractivity contribution >= 4 is 16.8 Å². The highest BCUT2D eigenvalue weighted by atomic mass is 16.2. The van der Waals surface area contributed by atoms with Crippen molar-refractivity contribution in [2.45, 2.75) is 25.8 Å². The number of nitrogens with zero attached hydrogens (tertiary/aromatic N) is 3. The van der Waals surface area contributed by atoms with Crippen molar-refractivity contribution < 1.29 is 4.79 Å². The number of nitrogens with one attached hydrogen (secondary N) is 1. The van der Waals surface area contributed by atoms with Crippen LogP contribution in [0.1, 0.15) is 34.9 Å².